The molecule has 1 aromatic rings. The largest absolute Gasteiger partial charge is 0.310 e. The number of nitrogens with one attached hydrogen (secondary N) is 1. The van der Waals surface area contributed by atoms with Crippen molar-refractivity contribution in [1.29, 1.82) is 0 Å². The van der Waals surface area contributed by atoms with Crippen molar-refractivity contribution in [2.75, 3.05) is 37.7 Å². The maximum absolute atomic E-state index is 11.5. The van der Waals surface area contributed by atoms with E-state index in [4.69, 9.17) is 0 Å². The number of hydrogen-bond donors (Lipinski definition) is 1. The van der Waals surface area contributed by atoms with Crippen LogP contribution in [0.3, 0.4) is 0 Å². The lowest BCUT2D eigenvalue weighted by molar-refractivity contribution is 0.276. The van der Waals surface area contributed by atoms with Gasteiger partial charge in [0.2, 0.25) is 0 Å². The van der Waals surface area contributed by atoms with Crippen molar-refractivity contribution in [3.8, 4) is 0 Å². The number of sulfone groups is 1. The second-order valence-electron chi connectivity index (χ2n) is 5.45. The highest BCUT2D eigenvalue weighted by Crippen LogP contribution is 2.21. The number of hydrogen-bond acceptors (Lipinski definition) is 4. The number of rotatable bonds is 6. The molecule has 1 saturated heterocycles. The molecule has 0 saturated carbocycles. The second-order valence-corrected chi connectivity index (χ2v) is 8.67. The van der Waals surface area contributed by atoms with E-state index in [2.05, 4.69) is 51.3 Å². The predicted molar refractivity (Wildman–Crippen MR) is 90.3 cm³/mol. The minimum absolute atomic E-state index is 0.301. The fraction of sp³-hybridized carbons (Fsp3) is 0.600. The third kappa shape index (κ3) is 5.36. The summed E-state index contributed by atoms with van der Waals surface area (Å²) in [6.45, 7) is 5.29. The van der Waals surface area contributed by atoms with Crippen molar-refractivity contribution in [2.45, 2.75) is 19.4 Å². The SMILES string of the molecule is CCNC(CCN1CCS(=O)(=O)CC1)c1cccc(Br)c1. The number of benzene rings is 1. The first kappa shape index (κ1) is 16.9. The Labute approximate surface area is 136 Å². The molecule has 1 aliphatic heterocycles. The van der Waals surface area contributed by atoms with Crippen LogP contribution in [0.4, 0.5) is 0 Å². The molecule has 118 valence electrons. The van der Waals surface area contributed by atoms with Crippen LogP contribution in [0, 0.1) is 0 Å². The van der Waals surface area contributed by atoms with E-state index < -0.39 is 9.84 Å². The van der Waals surface area contributed by atoms with Gasteiger partial charge in [-0.15, -0.1) is 0 Å². The highest BCUT2D eigenvalue weighted by atomic mass is 79.9. The van der Waals surface area contributed by atoms with E-state index in [1.165, 1.54) is 5.56 Å². The van der Waals surface area contributed by atoms with E-state index in [0.29, 0.717) is 30.6 Å². The van der Waals surface area contributed by atoms with Crippen LogP contribution in [-0.4, -0.2) is 51.0 Å². The molecule has 0 bridgehead atoms. The van der Waals surface area contributed by atoms with Crippen molar-refractivity contribution in [3.63, 3.8) is 0 Å². The van der Waals surface area contributed by atoms with Crippen LogP contribution in [0.1, 0.15) is 24.9 Å². The summed E-state index contributed by atoms with van der Waals surface area (Å²) in [5, 5.41) is 3.52. The summed E-state index contributed by atoms with van der Waals surface area (Å²) in [5.74, 6) is 0.603. The summed E-state index contributed by atoms with van der Waals surface area (Å²) in [6, 6.07) is 8.68. The molecule has 1 atom stereocenters. The molecule has 0 aromatic heterocycles. The van der Waals surface area contributed by atoms with Crippen LogP contribution >= 0.6 is 15.9 Å². The Kier molecular flexibility index (Phi) is 6.22. The van der Waals surface area contributed by atoms with Gasteiger partial charge in [0, 0.05) is 30.1 Å². The zero-order chi connectivity index (χ0) is 15.3. The molecule has 0 spiro atoms. The van der Waals surface area contributed by atoms with Crippen LogP contribution in [0.15, 0.2) is 28.7 Å². The Bertz CT molecular complexity index is 549. The van der Waals surface area contributed by atoms with E-state index in [1.807, 2.05) is 6.07 Å². The quantitative estimate of drug-likeness (QED) is 0.829. The number of halogens is 1. The molecule has 1 aromatic carbocycles. The molecule has 1 unspecified atom stereocenters. The van der Waals surface area contributed by atoms with Crippen molar-refractivity contribution < 1.29 is 8.42 Å². The maximum atomic E-state index is 11.5. The van der Waals surface area contributed by atoms with Crippen molar-refractivity contribution in [3.05, 3.63) is 34.3 Å². The highest BCUT2D eigenvalue weighted by Gasteiger charge is 2.22. The average molecular weight is 375 g/mol. The van der Waals surface area contributed by atoms with Crippen LogP contribution in [0.5, 0.6) is 0 Å². The summed E-state index contributed by atoms with van der Waals surface area (Å²) in [7, 11) is -2.79. The van der Waals surface area contributed by atoms with E-state index in [9.17, 15) is 8.42 Å². The van der Waals surface area contributed by atoms with Gasteiger partial charge in [-0.05, 0) is 30.7 Å². The summed E-state index contributed by atoms with van der Waals surface area (Å²) in [5.41, 5.74) is 1.27. The van der Waals surface area contributed by atoms with Gasteiger partial charge in [-0.25, -0.2) is 8.42 Å². The molecule has 0 amide bonds. The Morgan fingerprint density at radius 3 is 2.67 bits per heavy atom. The molecule has 2 rings (SSSR count). The van der Waals surface area contributed by atoms with E-state index >= 15 is 0 Å². The Morgan fingerprint density at radius 2 is 2.05 bits per heavy atom. The molecule has 1 fully saturated rings. The fourth-order valence-electron chi connectivity index (χ4n) is 2.64. The zero-order valence-corrected chi connectivity index (χ0v) is 14.8. The zero-order valence-electron chi connectivity index (χ0n) is 12.4. The number of nitrogens with zero attached hydrogens (tertiary/aromatic N) is 1. The van der Waals surface area contributed by atoms with Gasteiger partial charge in [0.1, 0.15) is 0 Å². The lowest BCUT2D eigenvalue weighted by Gasteiger charge is -2.28. The van der Waals surface area contributed by atoms with Crippen molar-refractivity contribution in [2.24, 2.45) is 0 Å². The van der Waals surface area contributed by atoms with Gasteiger partial charge in [0.15, 0.2) is 9.84 Å². The topological polar surface area (TPSA) is 49.4 Å². The summed E-state index contributed by atoms with van der Waals surface area (Å²) in [6.07, 6.45) is 0.990. The van der Waals surface area contributed by atoms with E-state index in [-0.39, 0.29) is 0 Å². The third-order valence-electron chi connectivity index (χ3n) is 3.87. The van der Waals surface area contributed by atoms with Gasteiger partial charge in [0.25, 0.3) is 0 Å². The Balaban J connectivity index is 1.92. The monoisotopic (exact) mass is 374 g/mol. The smallest absolute Gasteiger partial charge is 0.152 e. The molecular formula is C15H23BrN2O2S. The van der Waals surface area contributed by atoms with Crippen LogP contribution in [0.2, 0.25) is 0 Å². The summed E-state index contributed by atoms with van der Waals surface area (Å²) < 4.78 is 24.0. The normalized spacial score (nSPS) is 20.3. The second kappa shape index (κ2) is 7.72. The molecular weight excluding hydrogens is 352 g/mol. The minimum Gasteiger partial charge on any atom is -0.310 e. The standard InChI is InChI=1S/C15H23BrN2O2S/c1-2-17-15(13-4-3-5-14(16)12-13)6-7-18-8-10-21(19,20)11-9-18/h3-5,12,15,17H,2,6-11H2,1H3. The van der Waals surface area contributed by atoms with Crippen LogP contribution < -0.4 is 5.32 Å². The van der Waals surface area contributed by atoms with E-state index in [1.54, 1.807) is 0 Å². The molecule has 4 nitrogen and oxygen atoms in total. The molecule has 6 heteroatoms. The Morgan fingerprint density at radius 1 is 1.33 bits per heavy atom. The van der Waals surface area contributed by atoms with Gasteiger partial charge >= 0.3 is 0 Å². The lowest BCUT2D eigenvalue weighted by Crippen LogP contribution is -2.41. The molecule has 1 heterocycles. The molecule has 1 N–H and O–H groups in total. The third-order valence-corrected chi connectivity index (χ3v) is 5.98. The first-order valence-corrected chi connectivity index (χ1v) is 10.0. The van der Waals surface area contributed by atoms with Gasteiger partial charge in [-0.2, -0.15) is 0 Å². The Hall–Kier alpha value is -0.430. The van der Waals surface area contributed by atoms with Crippen LogP contribution in [-0.2, 0) is 9.84 Å². The lowest BCUT2D eigenvalue weighted by atomic mass is 10.0. The first-order valence-electron chi connectivity index (χ1n) is 7.42. The van der Waals surface area contributed by atoms with E-state index in [0.717, 1.165) is 24.0 Å². The highest BCUT2D eigenvalue weighted by molar-refractivity contribution is 9.10. The average Bonchev–Trinajstić information content (AvgIpc) is 2.44. The molecule has 0 radical (unpaired) electrons. The summed E-state index contributed by atoms with van der Waals surface area (Å²) in [4.78, 5) is 2.25. The molecule has 1 aliphatic rings. The molecule has 21 heavy (non-hydrogen) atoms. The minimum atomic E-state index is -2.79. The van der Waals surface area contributed by atoms with Gasteiger partial charge < -0.3 is 10.2 Å². The van der Waals surface area contributed by atoms with Gasteiger partial charge in [-0.3, -0.25) is 0 Å². The predicted octanol–water partition coefficient (Wildman–Crippen LogP) is 2.22. The van der Waals surface area contributed by atoms with Gasteiger partial charge in [-0.1, -0.05) is 35.0 Å². The molecule has 0 aliphatic carbocycles. The van der Waals surface area contributed by atoms with Crippen molar-refractivity contribution in [1.82, 2.24) is 10.2 Å². The van der Waals surface area contributed by atoms with Gasteiger partial charge in [0.05, 0.1) is 11.5 Å². The fourth-order valence-corrected chi connectivity index (χ4v) is 4.34. The van der Waals surface area contributed by atoms with Crippen molar-refractivity contribution >= 4 is 25.8 Å². The summed E-state index contributed by atoms with van der Waals surface area (Å²) >= 11 is 3.52. The maximum Gasteiger partial charge on any atom is 0.152 e. The van der Waals surface area contributed by atoms with Crippen LogP contribution in [0.25, 0.3) is 0 Å². The first-order chi connectivity index (χ1) is 10.00.